The molecule has 0 saturated heterocycles. The van der Waals surface area contributed by atoms with E-state index < -0.39 is 5.82 Å². The third-order valence-electron chi connectivity index (χ3n) is 5.50. The summed E-state index contributed by atoms with van der Waals surface area (Å²) in [5.41, 5.74) is 7.78. The number of nitrogens with two attached hydrogens (primary N) is 1. The molecule has 0 bridgehead atoms. The maximum absolute atomic E-state index is 14.0. The van der Waals surface area contributed by atoms with Crippen molar-refractivity contribution in [3.05, 3.63) is 64.6 Å². The lowest BCUT2D eigenvalue weighted by Crippen LogP contribution is -2.43. The molecule has 0 aliphatic heterocycles. The fourth-order valence-electron chi connectivity index (χ4n) is 3.70. The van der Waals surface area contributed by atoms with Crippen LogP contribution < -0.4 is 11.1 Å². The molecular weight excluding hydrogens is 435 g/mol. The minimum Gasteiger partial charge on any atom is -0.399 e. The molecule has 1 heterocycles. The van der Waals surface area contributed by atoms with Gasteiger partial charge in [0, 0.05) is 46.5 Å². The Bertz CT molecular complexity index is 1210. The normalized spacial score (nSPS) is 13.2. The molecule has 2 aromatic carbocycles. The van der Waals surface area contributed by atoms with E-state index in [2.05, 4.69) is 5.32 Å². The van der Waals surface area contributed by atoms with Crippen LogP contribution in [-0.2, 0) is 22.7 Å². The summed E-state index contributed by atoms with van der Waals surface area (Å²) in [6.07, 6.45) is 3.99. The lowest BCUT2D eigenvalue weighted by Gasteiger charge is -2.22. The highest BCUT2D eigenvalue weighted by Crippen LogP contribution is 2.28. The van der Waals surface area contributed by atoms with Crippen LogP contribution in [0.5, 0.6) is 0 Å². The Morgan fingerprint density at radius 2 is 2.06 bits per heavy atom. The summed E-state index contributed by atoms with van der Waals surface area (Å²) in [7, 11) is 0. The van der Waals surface area contributed by atoms with E-state index in [4.69, 9.17) is 17.3 Å². The third kappa shape index (κ3) is 4.60. The first-order chi connectivity index (χ1) is 15.4. The Hall–Kier alpha value is -3.39. The van der Waals surface area contributed by atoms with Gasteiger partial charge in [0.15, 0.2) is 6.29 Å². The summed E-state index contributed by atoms with van der Waals surface area (Å²) in [4.78, 5) is 38.5. The summed E-state index contributed by atoms with van der Waals surface area (Å²) in [6, 6.07) is 9.75. The fraction of sp³-hybridized carbons (Fsp3) is 0.261. The summed E-state index contributed by atoms with van der Waals surface area (Å²) in [6.45, 7) is -0.163. The Morgan fingerprint density at radius 3 is 2.78 bits per heavy atom. The van der Waals surface area contributed by atoms with Gasteiger partial charge in [-0.1, -0.05) is 23.7 Å². The highest BCUT2D eigenvalue weighted by Gasteiger charge is 2.34. The number of hydrogen-bond acceptors (Lipinski definition) is 4. The van der Waals surface area contributed by atoms with Gasteiger partial charge in [0.25, 0.3) is 0 Å². The predicted octanol–water partition coefficient (Wildman–Crippen LogP) is 3.14. The van der Waals surface area contributed by atoms with Crippen molar-refractivity contribution in [1.29, 1.82) is 0 Å². The average Bonchev–Trinajstić information content (AvgIpc) is 3.55. The first kappa shape index (κ1) is 21.8. The summed E-state index contributed by atoms with van der Waals surface area (Å²) in [5, 5.41) is 3.31. The number of carbonyl (C=O) groups is 3. The molecule has 0 radical (unpaired) electrons. The number of aldehydes is 1. The number of amides is 2. The minimum absolute atomic E-state index is 0.000770. The first-order valence-corrected chi connectivity index (χ1v) is 10.6. The molecule has 0 atom stereocenters. The quantitative estimate of drug-likeness (QED) is 0.402. The van der Waals surface area contributed by atoms with Crippen molar-refractivity contribution in [3.8, 4) is 0 Å². The zero-order valence-electron chi connectivity index (χ0n) is 17.2. The standard InChI is InChI=1S/C23H22ClFN4O3/c24-19-3-1-2-14(23(19)25)9-27-21(31)11-29(17-5-6-17)22(32)12-28-10-15(13-30)18-8-16(26)4-7-20(18)28/h1-4,7-8,10,13,17H,5-6,9,11-12,26H2,(H,27,31). The van der Waals surface area contributed by atoms with Gasteiger partial charge < -0.3 is 20.5 Å². The molecule has 7 nitrogen and oxygen atoms in total. The van der Waals surface area contributed by atoms with Crippen molar-refractivity contribution in [1.82, 2.24) is 14.8 Å². The number of fused-ring (bicyclic) bond motifs is 1. The van der Waals surface area contributed by atoms with E-state index in [0.29, 0.717) is 22.2 Å². The SMILES string of the molecule is Nc1ccc2c(c1)c(C=O)cn2CC(=O)N(CC(=O)NCc1cccc(Cl)c1F)C1CC1. The lowest BCUT2D eigenvalue weighted by molar-refractivity contribution is -0.137. The molecule has 166 valence electrons. The monoisotopic (exact) mass is 456 g/mol. The highest BCUT2D eigenvalue weighted by molar-refractivity contribution is 6.30. The Labute approximate surface area is 188 Å². The van der Waals surface area contributed by atoms with Crippen LogP contribution in [0.4, 0.5) is 10.1 Å². The molecule has 0 spiro atoms. The largest absolute Gasteiger partial charge is 0.399 e. The Morgan fingerprint density at radius 1 is 1.28 bits per heavy atom. The van der Waals surface area contributed by atoms with Crippen molar-refractivity contribution in [2.24, 2.45) is 0 Å². The van der Waals surface area contributed by atoms with Gasteiger partial charge in [-0.15, -0.1) is 0 Å². The number of anilines is 1. The molecule has 1 aliphatic carbocycles. The summed E-state index contributed by atoms with van der Waals surface area (Å²) >= 11 is 5.77. The summed E-state index contributed by atoms with van der Waals surface area (Å²) < 4.78 is 15.7. The van der Waals surface area contributed by atoms with Crippen molar-refractivity contribution in [2.45, 2.75) is 32.0 Å². The number of hydrogen-bond donors (Lipinski definition) is 2. The summed E-state index contributed by atoms with van der Waals surface area (Å²) in [5.74, 6) is -1.19. The van der Waals surface area contributed by atoms with E-state index >= 15 is 0 Å². The number of benzene rings is 2. The molecule has 4 rings (SSSR count). The molecule has 9 heteroatoms. The van der Waals surface area contributed by atoms with Crippen LogP contribution in [0.15, 0.2) is 42.6 Å². The smallest absolute Gasteiger partial charge is 0.243 e. The van der Waals surface area contributed by atoms with Crippen LogP contribution >= 0.6 is 11.6 Å². The molecule has 3 N–H and O–H groups in total. The van der Waals surface area contributed by atoms with Crippen LogP contribution in [0.1, 0.15) is 28.8 Å². The van der Waals surface area contributed by atoms with Crippen molar-refractivity contribution >= 4 is 46.3 Å². The minimum atomic E-state index is -0.573. The topological polar surface area (TPSA) is 97.4 Å². The second-order valence-electron chi connectivity index (χ2n) is 7.85. The van der Waals surface area contributed by atoms with E-state index in [1.54, 1.807) is 41.1 Å². The van der Waals surface area contributed by atoms with E-state index in [9.17, 15) is 18.8 Å². The molecule has 1 aromatic heterocycles. The Kier molecular flexibility index (Phi) is 6.14. The van der Waals surface area contributed by atoms with Gasteiger partial charge in [0.1, 0.15) is 12.4 Å². The number of halogens is 2. The molecule has 32 heavy (non-hydrogen) atoms. The predicted molar refractivity (Wildman–Crippen MR) is 120 cm³/mol. The number of carbonyl (C=O) groups excluding carboxylic acids is 3. The van der Waals surface area contributed by atoms with Gasteiger partial charge in [-0.25, -0.2) is 4.39 Å². The highest BCUT2D eigenvalue weighted by atomic mass is 35.5. The van der Waals surface area contributed by atoms with Crippen LogP contribution in [-0.4, -0.2) is 40.2 Å². The molecule has 1 fully saturated rings. The number of rotatable bonds is 8. The van der Waals surface area contributed by atoms with Crippen LogP contribution in [0, 0.1) is 5.82 Å². The van der Waals surface area contributed by atoms with Crippen LogP contribution in [0.25, 0.3) is 10.9 Å². The van der Waals surface area contributed by atoms with Crippen molar-refractivity contribution in [2.75, 3.05) is 12.3 Å². The van der Waals surface area contributed by atoms with E-state index in [1.807, 2.05) is 0 Å². The number of nitrogens with zero attached hydrogens (tertiary/aromatic N) is 2. The maximum Gasteiger partial charge on any atom is 0.243 e. The molecule has 2 amide bonds. The number of nitrogen functional groups attached to an aromatic ring is 1. The fourth-order valence-corrected chi connectivity index (χ4v) is 3.89. The molecule has 1 aliphatic rings. The molecule has 0 unspecified atom stereocenters. The van der Waals surface area contributed by atoms with Gasteiger partial charge in [0.05, 0.1) is 11.6 Å². The van der Waals surface area contributed by atoms with Gasteiger partial charge >= 0.3 is 0 Å². The van der Waals surface area contributed by atoms with Crippen LogP contribution in [0.3, 0.4) is 0 Å². The van der Waals surface area contributed by atoms with E-state index in [1.165, 1.54) is 11.0 Å². The van der Waals surface area contributed by atoms with Crippen molar-refractivity contribution < 1.29 is 18.8 Å². The van der Waals surface area contributed by atoms with E-state index in [-0.39, 0.29) is 48.1 Å². The molecule has 3 aromatic rings. The Balaban J connectivity index is 1.45. The first-order valence-electron chi connectivity index (χ1n) is 10.2. The van der Waals surface area contributed by atoms with Gasteiger partial charge in [-0.05, 0) is 37.1 Å². The second kappa shape index (κ2) is 9.00. The van der Waals surface area contributed by atoms with Gasteiger partial charge in [-0.2, -0.15) is 0 Å². The van der Waals surface area contributed by atoms with Gasteiger partial charge in [-0.3, -0.25) is 14.4 Å². The number of nitrogens with one attached hydrogen (secondary N) is 1. The van der Waals surface area contributed by atoms with Gasteiger partial charge in [0.2, 0.25) is 11.8 Å². The van der Waals surface area contributed by atoms with Crippen molar-refractivity contribution in [3.63, 3.8) is 0 Å². The molecule has 1 saturated carbocycles. The maximum atomic E-state index is 14.0. The average molecular weight is 457 g/mol. The molecular formula is C23H22ClFN4O3. The lowest BCUT2D eigenvalue weighted by atomic mass is 10.2. The second-order valence-corrected chi connectivity index (χ2v) is 8.26. The zero-order valence-corrected chi connectivity index (χ0v) is 17.9. The zero-order chi connectivity index (χ0) is 22.8. The van der Waals surface area contributed by atoms with Crippen LogP contribution in [0.2, 0.25) is 5.02 Å². The number of aromatic nitrogens is 1. The van der Waals surface area contributed by atoms with E-state index in [0.717, 1.165) is 19.1 Å². The third-order valence-corrected chi connectivity index (χ3v) is 5.79.